The summed E-state index contributed by atoms with van der Waals surface area (Å²) in [4.78, 5) is 12.3. The minimum Gasteiger partial charge on any atom is -0.493 e. The molecule has 1 aromatic carbocycles. The second-order valence-electron chi connectivity index (χ2n) is 5.35. The highest BCUT2D eigenvalue weighted by Crippen LogP contribution is 2.39. The Bertz CT molecular complexity index is 563. The van der Waals surface area contributed by atoms with Crippen LogP contribution in [0.2, 0.25) is 0 Å². The standard InChI is InChI=1S/C19H30O9/c1-21-7-8-25-9-10-26-11-12-27-13-14-28-19(20)15-5-6-16(22-2)18(24-4)17(15)23-3/h5-6H,7-14H2,1-4H3. The number of methoxy groups -OCH3 is 4. The summed E-state index contributed by atoms with van der Waals surface area (Å²) in [6.45, 7) is 3.31. The Hall–Kier alpha value is -2.07. The van der Waals surface area contributed by atoms with E-state index >= 15 is 0 Å². The minimum atomic E-state index is -0.536. The van der Waals surface area contributed by atoms with Crippen LogP contribution in [0, 0.1) is 0 Å². The molecule has 0 fully saturated rings. The molecule has 0 aliphatic heterocycles. The maximum atomic E-state index is 12.3. The van der Waals surface area contributed by atoms with Gasteiger partial charge in [0.05, 0.1) is 67.6 Å². The maximum Gasteiger partial charge on any atom is 0.342 e. The van der Waals surface area contributed by atoms with Gasteiger partial charge >= 0.3 is 5.97 Å². The van der Waals surface area contributed by atoms with Crippen molar-refractivity contribution in [1.29, 1.82) is 0 Å². The molecule has 0 atom stereocenters. The molecule has 0 aliphatic rings. The third-order valence-corrected chi connectivity index (χ3v) is 3.56. The summed E-state index contributed by atoms with van der Waals surface area (Å²) in [5.41, 5.74) is 0.247. The number of benzene rings is 1. The molecule has 0 spiro atoms. The Morgan fingerprint density at radius 2 is 1.21 bits per heavy atom. The van der Waals surface area contributed by atoms with Gasteiger partial charge in [-0.05, 0) is 12.1 Å². The Kier molecular flexibility index (Phi) is 12.8. The molecule has 1 rings (SSSR count). The first-order valence-electron chi connectivity index (χ1n) is 8.87. The van der Waals surface area contributed by atoms with E-state index in [0.29, 0.717) is 51.1 Å². The first kappa shape index (κ1) is 24.0. The fraction of sp³-hybridized carbons (Fsp3) is 0.632. The van der Waals surface area contributed by atoms with E-state index in [1.807, 2.05) is 0 Å². The van der Waals surface area contributed by atoms with Gasteiger partial charge in [0, 0.05) is 7.11 Å². The maximum absolute atomic E-state index is 12.3. The fourth-order valence-corrected chi connectivity index (χ4v) is 2.22. The van der Waals surface area contributed by atoms with Crippen molar-refractivity contribution in [2.75, 3.05) is 81.3 Å². The fourth-order valence-electron chi connectivity index (χ4n) is 2.22. The molecule has 0 bridgehead atoms. The van der Waals surface area contributed by atoms with Crippen LogP contribution in [0.1, 0.15) is 10.4 Å². The molecular formula is C19H30O9. The van der Waals surface area contributed by atoms with Crippen LogP contribution in [-0.4, -0.2) is 87.3 Å². The van der Waals surface area contributed by atoms with E-state index in [9.17, 15) is 4.79 Å². The molecule has 160 valence electrons. The summed E-state index contributed by atoms with van der Waals surface area (Å²) in [6.07, 6.45) is 0. The first-order chi connectivity index (χ1) is 13.7. The van der Waals surface area contributed by atoms with E-state index in [4.69, 9.17) is 37.9 Å². The summed E-state index contributed by atoms with van der Waals surface area (Å²) in [6, 6.07) is 3.18. The smallest absolute Gasteiger partial charge is 0.342 e. The van der Waals surface area contributed by atoms with E-state index in [0.717, 1.165) is 0 Å². The predicted octanol–water partition coefficient (Wildman–Crippen LogP) is 1.57. The Morgan fingerprint density at radius 1 is 0.679 bits per heavy atom. The van der Waals surface area contributed by atoms with Crippen molar-refractivity contribution < 1.29 is 42.7 Å². The largest absolute Gasteiger partial charge is 0.493 e. The summed E-state index contributed by atoms with van der Waals surface area (Å²) in [5, 5.41) is 0. The van der Waals surface area contributed by atoms with Crippen LogP contribution in [0.25, 0.3) is 0 Å². The number of esters is 1. The van der Waals surface area contributed by atoms with Crippen LogP contribution in [0.15, 0.2) is 12.1 Å². The van der Waals surface area contributed by atoms with Crippen LogP contribution in [-0.2, 0) is 23.7 Å². The van der Waals surface area contributed by atoms with Crippen molar-refractivity contribution >= 4 is 5.97 Å². The third kappa shape index (κ3) is 8.30. The van der Waals surface area contributed by atoms with Crippen LogP contribution < -0.4 is 14.2 Å². The molecule has 0 N–H and O–H groups in total. The molecule has 0 amide bonds. The molecule has 28 heavy (non-hydrogen) atoms. The summed E-state index contributed by atoms with van der Waals surface area (Å²) in [7, 11) is 6.04. The van der Waals surface area contributed by atoms with Crippen molar-refractivity contribution in [3.63, 3.8) is 0 Å². The van der Waals surface area contributed by atoms with Gasteiger partial charge in [0.2, 0.25) is 5.75 Å². The van der Waals surface area contributed by atoms with Gasteiger partial charge in [0.15, 0.2) is 11.5 Å². The van der Waals surface area contributed by atoms with E-state index in [-0.39, 0.29) is 24.5 Å². The van der Waals surface area contributed by atoms with Gasteiger partial charge in [-0.15, -0.1) is 0 Å². The van der Waals surface area contributed by atoms with Crippen molar-refractivity contribution in [2.45, 2.75) is 0 Å². The predicted molar refractivity (Wildman–Crippen MR) is 101 cm³/mol. The minimum absolute atomic E-state index is 0.108. The Labute approximate surface area is 165 Å². The zero-order chi connectivity index (χ0) is 20.6. The second-order valence-corrected chi connectivity index (χ2v) is 5.35. The van der Waals surface area contributed by atoms with Crippen molar-refractivity contribution in [3.05, 3.63) is 17.7 Å². The lowest BCUT2D eigenvalue weighted by atomic mass is 10.1. The van der Waals surface area contributed by atoms with E-state index in [2.05, 4.69) is 0 Å². The van der Waals surface area contributed by atoms with Gasteiger partial charge in [0.25, 0.3) is 0 Å². The summed E-state index contributed by atoms with van der Waals surface area (Å²) in [5.74, 6) is 0.516. The van der Waals surface area contributed by atoms with Gasteiger partial charge in [-0.1, -0.05) is 0 Å². The van der Waals surface area contributed by atoms with Crippen LogP contribution in [0.4, 0.5) is 0 Å². The van der Waals surface area contributed by atoms with Crippen molar-refractivity contribution in [1.82, 2.24) is 0 Å². The van der Waals surface area contributed by atoms with Crippen molar-refractivity contribution in [3.8, 4) is 17.2 Å². The second kappa shape index (κ2) is 14.9. The van der Waals surface area contributed by atoms with Gasteiger partial charge in [-0.3, -0.25) is 0 Å². The SMILES string of the molecule is COCCOCCOCCOCCOC(=O)c1ccc(OC)c(OC)c1OC. The van der Waals surface area contributed by atoms with Gasteiger partial charge in [-0.2, -0.15) is 0 Å². The number of carbonyl (C=O) groups excluding carboxylic acids is 1. The van der Waals surface area contributed by atoms with E-state index in [1.165, 1.54) is 21.3 Å². The molecule has 0 aromatic heterocycles. The third-order valence-electron chi connectivity index (χ3n) is 3.56. The van der Waals surface area contributed by atoms with E-state index < -0.39 is 5.97 Å². The van der Waals surface area contributed by atoms with Crippen LogP contribution in [0.5, 0.6) is 17.2 Å². The Morgan fingerprint density at radius 3 is 1.71 bits per heavy atom. The lowest BCUT2D eigenvalue weighted by Crippen LogP contribution is -2.15. The molecule has 0 aliphatic carbocycles. The summed E-state index contributed by atoms with van der Waals surface area (Å²) < 4.78 is 41.8. The molecule has 0 radical (unpaired) electrons. The monoisotopic (exact) mass is 402 g/mol. The highest BCUT2D eigenvalue weighted by molar-refractivity contribution is 5.94. The lowest BCUT2D eigenvalue weighted by Gasteiger charge is -2.15. The average Bonchev–Trinajstić information content (AvgIpc) is 2.72. The normalized spacial score (nSPS) is 10.6. The number of hydrogen-bond donors (Lipinski definition) is 0. The van der Waals surface area contributed by atoms with Crippen molar-refractivity contribution in [2.24, 2.45) is 0 Å². The molecular weight excluding hydrogens is 372 g/mol. The van der Waals surface area contributed by atoms with Crippen LogP contribution >= 0.6 is 0 Å². The quantitative estimate of drug-likeness (QED) is 0.302. The molecule has 0 saturated carbocycles. The molecule has 0 saturated heterocycles. The topological polar surface area (TPSA) is 90.9 Å². The first-order valence-corrected chi connectivity index (χ1v) is 8.87. The Balaban J connectivity index is 2.24. The lowest BCUT2D eigenvalue weighted by molar-refractivity contribution is -0.00557. The molecule has 1 aromatic rings. The zero-order valence-corrected chi connectivity index (χ0v) is 17.0. The average molecular weight is 402 g/mol. The zero-order valence-electron chi connectivity index (χ0n) is 17.0. The molecule has 0 heterocycles. The highest BCUT2D eigenvalue weighted by atomic mass is 16.6. The number of rotatable bonds is 16. The van der Waals surface area contributed by atoms with Crippen LogP contribution in [0.3, 0.4) is 0 Å². The molecule has 9 nitrogen and oxygen atoms in total. The van der Waals surface area contributed by atoms with Gasteiger partial charge < -0.3 is 37.9 Å². The number of carbonyl (C=O) groups is 1. The van der Waals surface area contributed by atoms with E-state index in [1.54, 1.807) is 19.2 Å². The number of ether oxygens (including phenoxy) is 8. The highest BCUT2D eigenvalue weighted by Gasteiger charge is 2.21. The summed E-state index contributed by atoms with van der Waals surface area (Å²) >= 11 is 0. The number of hydrogen-bond acceptors (Lipinski definition) is 9. The van der Waals surface area contributed by atoms with Gasteiger partial charge in [0.1, 0.15) is 12.2 Å². The molecule has 0 unspecified atom stereocenters. The van der Waals surface area contributed by atoms with Gasteiger partial charge in [-0.25, -0.2) is 4.79 Å². The molecule has 9 heteroatoms.